The Hall–Kier alpha value is -0.110. The fourth-order valence-corrected chi connectivity index (χ4v) is 2.22. The molecule has 0 aromatic carbocycles. The van der Waals surface area contributed by atoms with Gasteiger partial charge in [-0.15, -0.1) is 0 Å². The van der Waals surface area contributed by atoms with Crippen LogP contribution in [0.4, 0.5) is 4.39 Å². The lowest BCUT2D eigenvalue weighted by Crippen LogP contribution is -2.36. The molecule has 12 heavy (non-hydrogen) atoms. The summed E-state index contributed by atoms with van der Waals surface area (Å²) in [7, 11) is 2.01. The van der Waals surface area contributed by atoms with Gasteiger partial charge in [-0.3, -0.25) is 4.90 Å². The number of alkyl halides is 1. The van der Waals surface area contributed by atoms with Crippen molar-refractivity contribution >= 4 is 0 Å². The molecule has 0 saturated carbocycles. The van der Waals surface area contributed by atoms with Crippen molar-refractivity contribution in [1.29, 1.82) is 0 Å². The van der Waals surface area contributed by atoms with E-state index in [9.17, 15) is 4.39 Å². The highest BCUT2D eigenvalue weighted by Crippen LogP contribution is 2.37. The first-order valence-corrected chi connectivity index (χ1v) is 4.61. The summed E-state index contributed by atoms with van der Waals surface area (Å²) in [5, 5.41) is 0. The molecule has 72 valence electrons. The molecule has 0 radical (unpaired) electrons. The second-order valence-corrected chi connectivity index (χ2v) is 5.41. The lowest BCUT2D eigenvalue weighted by atomic mass is 9.83. The zero-order valence-electron chi connectivity index (χ0n) is 8.82. The zero-order chi connectivity index (χ0) is 9.57. The molecule has 2 unspecified atom stereocenters. The first-order valence-electron chi connectivity index (χ1n) is 4.61. The minimum absolute atomic E-state index is 0.193. The Morgan fingerprint density at radius 2 is 1.92 bits per heavy atom. The molecule has 0 aromatic rings. The van der Waals surface area contributed by atoms with Crippen LogP contribution < -0.4 is 0 Å². The zero-order valence-corrected chi connectivity index (χ0v) is 8.82. The van der Waals surface area contributed by atoms with Crippen molar-refractivity contribution in [2.45, 2.75) is 45.8 Å². The number of hydrogen-bond acceptors (Lipinski definition) is 1. The maximum atomic E-state index is 13.6. The first kappa shape index (κ1) is 9.97. The van der Waals surface area contributed by atoms with Gasteiger partial charge in [-0.25, -0.2) is 4.39 Å². The van der Waals surface area contributed by atoms with E-state index >= 15 is 0 Å². The maximum absolute atomic E-state index is 13.6. The van der Waals surface area contributed by atoms with E-state index in [4.69, 9.17) is 0 Å². The Bertz CT molecular complexity index is 169. The molecule has 1 aliphatic rings. The smallest absolute Gasteiger partial charge is 0.122 e. The van der Waals surface area contributed by atoms with Gasteiger partial charge >= 0.3 is 0 Å². The second kappa shape index (κ2) is 2.69. The summed E-state index contributed by atoms with van der Waals surface area (Å²) in [5.74, 6) is 0. The number of nitrogens with zero attached hydrogens (tertiary/aromatic N) is 1. The predicted molar refractivity (Wildman–Crippen MR) is 50.0 cm³/mol. The van der Waals surface area contributed by atoms with Gasteiger partial charge < -0.3 is 0 Å². The van der Waals surface area contributed by atoms with Gasteiger partial charge in [0.2, 0.25) is 0 Å². The van der Waals surface area contributed by atoms with E-state index in [0.717, 1.165) is 0 Å². The summed E-state index contributed by atoms with van der Waals surface area (Å²) in [6.07, 6.45) is 0.674. The summed E-state index contributed by atoms with van der Waals surface area (Å²) in [5.41, 5.74) is -0.786. The average Bonchev–Trinajstić information content (AvgIpc) is 2.03. The van der Waals surface area contributed by atoms with Gasteiger partial charge in [-0.05, 0) is 25.8 Å². The minimum atomic E-state index is -0.979. The number of halogens is 1. The van der Waals surface area contributed by atoms with Crippen molar-refractivity contribution < 1.29 is 4.39 Å². The Morgan fingerprint density at radius 3 is 2.08 bits per heavy atom. The highest BCUT2D eigenvalue weighted by Gasteiger charge is 2.43. The molecule has 1 nitrogen and oxygen atoms in total. The van der Waals surface area contributed by atoms with Crippen LogP contribution in [0.5, 0.6) is 0 Å². The topological polar surface area (TPSA) is 3.24 Å². The quantitative estimate of drug-likeness (QED) is 0.544. The van der Waals surface area contributed by atoms with Crippen LogP contribution >= 0.6 is 0 Å². The fourth-order valence-electron chi connectivity index (χ4n) is 2.22. The molecule has 1 rings (SSSR count). The normalized spacial score (nSPS) is 39.0. The van der Waals surface area contributed by atoms with Crippen molar-refractivity contribution in [2.24, 2.45) is 5.41 Å². The Morgan fingerprint density at radius 1 is 1.42 bits per heavy atom. The Labute approximate surface area is 74.9 Å². The standard InChI is InChI=1S/C10H20FN/c1-9(2,3)8-6-10(4,11)7-12(8)5/h8H,6-7H2,1-5H3. The molecule has 0 aromatic heterocycles. The van der Waals surface area contributed by atoms with Gasteiger partial charge in [0.15, 0.2) is 0 Å². The van der Waals surface area contributed by atoms with Crippen LogP contribution in [0.25, 0.3) is 0 Å². The molecule has 0 spiro atoms. The van der Waals surface area contributed by atoms with E-state index in [1.54, 1.807) is 6.92 Å². The van der Waals surface area contributed by atoms with Gasteiger partial charge in [0, 0.05) is 12.6 Å². The van der Waals surface area contributed by atoms with E-state index in [0.29, 0.717) is 19.0 Å². The Balaban J connectivity index is 2.71. The molecule has 0 N–H and O–H groups in total. The number of hydrogen-bond donors (Lipinski definition) is 0. The third-order valence-electron chi connectivity index (χ3n) is 2.73. The van der Waals surface area contributed by atoms with Crippen LogP contribution in [-0.4, -0.2) is 30.2 Å². The van der Waals surface area contributed by atoms with E-state index in [-0.39, 0.29) is 5.41 Å². The van der Waals surface area contributed by atoms with E-state index in [2.05, 4.69) is 25.7 Å². The fraction of sp³-hybridized carbons (Fsp3) is 1.00. The van der Waals surface area contributed by atoms with E-state index in [1.807, 2.05) is 7.05 Å². The molecule has 0 amide bonds. The monoisotopic (exact) mass is 173 g/mol. The average molecular weight is 173 g/mol. The molecule has 2 heteroatoms. The maximum Gasteiger partial charge on any atom is 0.122 e. The predicted octanol–water partition coefficient (Wildman–Crippen LogP) is 2.46. The summed E-state index contributed by atoms with van der Waals surface area (Å²) < 4.78 is 13.6. The number of likely N-dealkylation sites (tertiary alicyclic amines) is 1. The Kier molecular flexibility index (Phi) is 2.24. The number of rotatable bonds is 0. The molecule has 2 atom stereocenters. The van der Waals surface area contributed by atoms with Crippen LogP contribution in [0.3, 0.4) is 0 Å². The van der Waals surface area contributed by atoms with Crippen LogP contribution in [0, 0.1) is 5.41 Å². The lowest BCUT2D eigenvalue weighted by molar-refractivity contribution is 0.169. The third kappa shape index (κ3) is 1.98. The van der Waals surface area contributed by atoms with Crippen LogP contribution in [-0.2, 0) is 0 Å². The van der Waals surface area contributed by atoms with Crippen LogP contribution in [0.15, 0.2) is 0 Å². The van der Waals surface area contributed by atoms with Crippen LogP contribution in [0.1, 0.15) is 34.1 Å². The highest BCUT2D eigenvalue weighted by molar-refractivity contribution is 4.97. The highest BCUT2D eigenvalue weighted by atomic mass is 19.1. The van der Waals surface area contributed by atoms with Crippen molar-refractivity contribution in [3.63, 3.8) is 0 Å². The molecule has 1 fully saturated rings. The van der Waals surface area contributed by atoms with Crippen molar-refractivity contribution in [1.82, 2.24) is 4.90 Å². The minimum Gasteiger partial charge on any atom is -0.300 e. The van der Waals surface area contributed by atoms with Gasteiger partial charge in [-0.2, -0.15) is 0 Å². The molecular weight excluding hydrogens is 153 g/mol. The molecule has 0 bridgehead atoms. The van der Waals surface area contributed by atoms with Gasteiger partial charge in [0.05, 0.1) is 0 Å². The largest absolute Gasteiger partial charge is 0.300 e. The molecule has 0 aliphatic carbocycles. The second-order valence-electron chi connectivity index (χ2n) is 5.41. The van der Waals surface area contributed by atoms with Gasteiger partial charge in [0.1, 0.15) is 5.67 Å². The first-order chi connectivity index (χ1) is 5.22. The van der Waals surface area contributed by atoms with Crippen LogP contribution in [0.2, 0.25) is 0 Å². The van der Waals surface area contributed by atoms with Crippen molar-refractivity contribution in [3.05, 3.63) is 0 Å². The third-order valence-corrected chi connectivity index (χ3v) is 2.73. The summed E-state index contributed by atoms with van der Waals surface area (Å²) in [4.78, 5) is 2.14. The van der Waals surface area contributed by atoms with Gasteiger partial charge in [-0.1, -0.05) is 20.8 Å². The lowest BCUT2D eigenvalue weighted by Gasteiger charge is -2.32. The summed E-state index contributed by atoms with van der Waals surface area (Å²) >= 11 is 0. The molecular formula is C10H20FN. The molecule has 1 saturated heterocycles. The van der Waals surface area contributed by atoms with Crippen molar-refractivity contribution in [2.75, 3.05) is 13.6 Å². The molecule has 1 heterocycles. The van der Waals surface area contributed by atoms with Crippen molar-refractivity contribution in [3.8, 4) is 0 Å². The van der Waals surface area contributed by atoms with E-state index in [1.165, 1.54) is 0 Å². The summed E-state index contributed by atoms with van der Waals surface area (Å²) in [6.45, 7) is 8.81. The van der Waals surface area contributed by atoms with Gasteiger partial charge in [0.25, 0.3) is 0 Å². The van der Waals surface area contributed by atoms with E-state index < -0.39 is 5.67 Å². The summed E-state index contributed by atoms with van der Waals surface area (Å²) in [6, 6.07) is 0.382. The SMILES string of the molecule is CN1CC(C)(F)CC1C(C)(C)C. The molecule has 1 aliphatic heterocycles.